The monoisotopic (exact) mass is 324 g/mol. The first-order valence-corrected chi connectivity index (χ1v) is 8.11. The van der Waals surface area contributed by atoms with Crippen LogP contribution in [0.4, 0.5) is 4.79 Å². The van der Waals surface area contributed by atoms with Gasteiger partial charge >= 0.3 is 6.09 Å². The van der Waals surface area contributed by atoms with Crippen LogP contribution >= 0.6 is 0 Å². The average Bonchev–Trinajstić information content (AvgIpc) is 2.81. The van der Waals surface area contributed by atoms with Crippen LogP contribution in [-0.4, -0.2) is 46.3 Å². The lowest BCUT2D eigenvalue weighted by molar-refractivity contribution is -0.0439. The molecule has 1 aromatic heterocycles. The molecule has 0 saturated heterocycles. The lowest BCUT2D eigenvalue weighted by Gasteiger charge is -2.45. The first-order chi connectivity index (χ1) is 10.8. The number of carbonyl (C=O) groups excluding carboxylic acids is 1. The molecule has 3 atom stereocenters. The Kier molecular flexibility index (Phi) is 5.64. The number of nitrogens with zero attached hydrogens (tertiary/aromatic N) is 2. The normalized spacial score (nSPS) is 24.1. The third kappa shape index (κ3) is 4.94. The van der Waals surface area contributed by atoms with E-state index in [0.29, 0.717) is 13.2 Å². The van der Waals surface area contributed by atoms with Crippen molar-refractivity contribution in [1.82, 2.24) is 20.4 Å². The Labute approximate surface area is 137 Å². The van der Waals surface area contributed by atoms with Crippen LogP contribution in [0.15, 0.2) is 12.3 Å². The van der Waals surface area contributed by atoms with Gasteiger partial charge in [-0.1, -0.05) is 0 Å². The van der Waals surface area contributed by atoms with Gasteiger partial charge in [0.25, 0.3) is 0 Å². The second-order valence-electron chi connectivity index (χ2n) is 6.84. The van der Waals surface area contributed by atoms with E-state index in [1.807, 2.05) is 45.5 Å². The van der Waals surface area contributed by atoms with E-state index >= 15 is 0 Å². The van der Waals surface area contributed by atoms with Gasteiger partial charge in [0.1, 0.15) is 5.60 Å². The lowest BCUT2D eigenvalue weighted by Crippen LogP contribution is -2.66. The number of hydrogen-bond acceptors (Lipinski definition) is 5. The maximum Gasteiger partial charge on any atom is 0.407 e. The van der Waals surface area contributed by atoms with Crippen molar-refractivity contribution in [2.24, 2.45) is 7.05 Å². The van der Waals surface area contributed by atoms with Crippen molar-refractivity contribution in [2.45, 2.75) is 64.4 Å². The number of hydrogen-bond donors (Lipinski definition) is 2. The van der Waals surface area contributed by atoms with Crippen molar-refractivity contribution in [3.63, 3.8) is 0 Å². The van der Waals surface area contributed by atoms with Gasteiger partial charge in [-0.05, 0) is 40.2 Å². The molecule has 0 spiro atoms. The fourth-order valence-corrected chi connectivity index (χ4v) is 2.67. The molecule has 0 aliphatic heterocycles. The standard InChI is InChI=1S/C16H28N4O3/c1-6-22-13-9-12(19-15(21)23-16(2,3)4)14(13)17-10-11-7-8-18-20(11)5/h7-8,12-14,17H,6,9-10H2,1-5H3,(H,19,21). The molecule has 1 aliphatic rings. The van der Waals surface area contributed by atoms with Crippen molar-refractivity contribution in [1.29, 1.82) is 0 Å². The summed E-state index contributed by atoms with van der Waals surface area (Å²) in [7, 11) is 1.91. The van der Waals surface area contributed by atoms with Crippen molar-refractivity contribution in [2.75, 3.05) is 6.61 Å². The third-order valence-electron chi connectivity index (χ3n) is 3.84. The topological polar surface area (TPSA) is 77.4 Å². The summed E-state index contributed by atoms with van der Waals surface area (Å²) in [5.41, 5.74) is 0.591. The molecular weight excluding hydrogens is 296 g/mol. The molecule has 1 heterocycles. The van der Waals surface area contributed by atoms with Crippen LogP contribution in [0, 0.1) is 0 Å². The van der Waals surface area contributed by atoms with E-state index in [4.69, 9.17) is 9.47 Å². The summed E-state index contributed by atoms with van der Waals surface area (Å²) in [4.78, 5) is 11.9. The number of ether oxygens (including phenoxy) is 2. The molecule has 1 aliphatic carbocycles. The molecule has 1 saturated carbocycles. The molecule has 7 nitrogen and oxygen atoms in total. The molecule has 2 N–H and O–H groups in total. The molecule has 0 radical (unpaired) electrons. The molecule has 130 valence electrons. The van der Waals surface area contributed by atoms with Crippen LogP contribution in [0.25, 0.3) is 0 Å². The molecule has 1 fully saturated rings. The number of aromatic nitrogens is 2. The third-order valence-corrected chi connectivity index (χ3v) is 3.84. The highest BCUT2D eigenvalue weighted by molar-refractivity contribution is 5.68. The lowest BCUT2D eigenvalue weighted by atomic mass is 9.82. The van der Waals surface area contributed by atoms with Crippen LogP contribution in [0.1, 0.15) is 39.8 Å². The molecule has 1 amide bonds. The van der Waals surface area contributed by atoms with Gasteiger partial charge in [-0.2, -0.15) is 5.10 Å². The van der Waals surface area contributed by atoms with Gasteiger partial charge in [-0.25, -0.2) is 4.79 Å². The van der Waals surface area contributed by atoms with E-state index in [2.05, 4.69) is 15.7 Å². The number of aryl methyl sites for hydroxylation is 1. The maximum absolute atomic E-state index is 11.9. The number of rotatable bonds is 6. The summed E-state index contributed by atoms with van der Waals surface area (Å²) < 4.78 is 12.9. The fourth-order valence-electron chi connectivity index (χ4n) is 2.67. The van der Waals surface area contributed by atoms with Crippen LogP contribution in [0.5, 0.6) is 0 Å². The summed E-state index contributed by atoms with van der Waals surface area (Å²) in [6.45, 7) is 8.88. The first-order valence-electron chi connectivity index (χ1n) is 8.11. The average molecular weight is 324 g/mol. The zero-order valence-electron chi connectivity index (χ0n) is 14.6. The summed E-state index contributed by atoms with van der Waals surface area (Å²) in [6, 6.07) is 2.05. The molecule has 0 bridgehead atoms. The Hall–Kier alpha value is -1.60. The number of amides is 1. The van der Waals surface area contributed by atoms with Gasteiger partial charge in [0.2, 0.25) is 0 Å². The van der Waals surface area contributed by atoms with E-state index in [1.54, 1.807) is 6.20 Å². The van der Waals surface area contributed by atoms with E-state index in [-0.39, 0.29) is 24.3 Å². The Bertz CT molecular complexity index is 524. The van der Waals surface area contributed by atoms with Gasteiger partial charge in [-0.15, -0.1) is 0 Å². The highest BCUT2D eigenvalue weighted by Crippen LogP contribution is 2.25. The Morgan fingerprint density at radius 2 is 2.22 bits per heavy atom. The smallest absolute Gasteiger partial charge is 0.407 e. The molecule has 2 rings (SSSR count). The van der Waals surface area contributed by atoms with E-state index in [0.717, 1.165) is 12.1 Å². The summed E-state index contributed by atoms with van der Waals surface area (Å²) in [5.74, 6) is 0. The molecule has 7 heteroatoms. The van der Waals surface area contributed by atoms with Crippen LogP contribution in [-0.2, 0) is 23.1 Å². The van der Waals surface area contributed by atoms with Crippen LogP contribution < -0.4 is 10.6 Å². The maximum atomic E-state index is 11.9. The van der Waals surface area contributed by atoms with Crippen LogP contribution in [0.2, 0.25) is 0 Å². The highest BCUT2D eigenvalue weighted by atomic mass is 16.6. The number of nitrogens with one attached hydrogen (secondary N) is 2. The number of alkyl carbamates (subject to hydrolysis) is 1. The van der Waals surface area contributed by atoms with Crippen molar-refractivity contribution in [3.8, 4) is 0 Å². The van der Waals surface area contributed by atoms with Gasteiger partial charge < -0.3 is 20.1 Å². The van der Waals surface area contributed by atoms with Gasteiger partial charge in [0, 0.05) is 26.4 Å². The SMILES string of the molecule is CCOC1CC(NC(=O)OC(C)(C)C)C1NCc1ccnn1C. The predicted octanol–water partition coefficient (Wildman–Crippen LogP) is 1.58. The predicted molar refractivity (Wildman–Crippen MR) is 87.0 cm³/mol. The van der Waals surface area contributed by atoms with E-state index in [1.165, 1.54) is 0 Å². The fraction of sp³-hybridized carbons (Fsp3) is 0.750. The van der Waals surface area contributed by atoms with Crippen molar-refractivity contribution < 1.29 is 14.3 Å². The quantitative estimate of drug-likeness (QED) is 0.831. The highest BCUT2D eigenvalue weighted by Gasteiger charge is 2.43. The summed E-state index contributed by atoms with van der Waals surface area (Å²) >= 11 is 0. The Balaban J connectivity index is 1.89. The van der Waals surface area contributed by atoms with E-state index < -0.39 is 5.60 Å². The van der Waals surface area contributed by atoms with Gasteiger partial charge in [0.05, 0.1) is 23.9 Å². The second-order valence-corrected chi connectivity index (χ2v) is 6.84. The number of carbonyl (C=O) groups is 1. The van der Waals surface area contributed by atoms with E-state index in [9.17, 15) is 4.79 Å². The Morgan fingerprint density at radius 1 is 1.48 bits per heavy atom. The molecule has 0 aromatic carbocycles. The molecule has 1 aromatic rings. The largest absolute Gasteiger partial charge is 0.444 e. The zero-order chi connectivity index (χ0) is 17.0. The minimum absolute atomic E-state index is 0.00891. The minimum Gasteiger partial charge on any atom is -0.444 e. The summed E-state index contributed by atoms with van der Waals surface area (Å²) in [6.07, 6.45) is 2.28. The van der Waals surface area contributed by atoms with Crippen molar-refractivity contribution in [3.05, 3.63) is 18.0 Å². The van der Waals surface area contributed by atoms with Gasteiger partial charge in [0.15, 0.2) is 0 Å². The molecular formula is C16H28N4O3. The zero-order valence-corrected chi connectivity index (χ0v) is 14.6. The van der Waals surface area contributed by atoms with Crippen molar-refractivity contribution >= 4 is 6.09 Å². The van der Waals surface area contributed by atoms with Gasteiger partial charge in [-0.3, -0.25) is 4.68 Å². The minimum atomic E-state index is -0.495. The van der Waals surface area contributed by atoms with Crippen LogP contribution in [0.3, 0.4) is 0 Å². The second kappa shape index (κ2) is 7.31. The molecule has 3 unspecified atom stereocenters. The summed E-state index contributed by atoms with van der Waals surface area (Å²) in [5, 5.41) is 10.5. The molecule has 23 heavy (non-hydrogen) atoms. The first kappa shape index (κ1) is 17.7. The Morgan fingerprint density at radius 3 is 2.78 bits per heavy atom.